The zero-order valence-electron chi connectivity index (χ0n) is 12.3. The number of carbonyl (C=O) groups is 1. The van der Waals surface area contributed by atoms with Crippen LogP contribution in [0.4, 0.5) is 5.69 Å². The molecule has 104 valence electrons. The van der Waals surface area contributed by atoms with E-state index in [1.807, 2.05) is 39.0 Å². The highest BCUT2D eigenvalue weighted by molar-refractivity contribution is 6.07. The molecular weight excluding hydrogens is 250 g/mol. The molecule has 0 unspecified atom stereocenters. The fourth-order valence-corrected chi connectivity index (χ4v) is 2.26. The lowest BCUT2D eigenvalue weighted by Gasteiger charge is -2.19. The summed E-state index contributed by atoms with van der Waals surface area (Å²) in [6.07, 6.45) is 0. The van der Waals surface area contributed by atoms with Crippen molar-refractivity contribution in [2.45, 2.75) is 20.8 Å². The zero-order chi connectivity index (χ0) is 14.9. The Balaban J connectivity index is 2.37. The minimum Gasteiger partial charge on any atom is -0.507 e. The summed E-state index contributed by atoms with van der Waals surface area (Å²) in [7, 11) is 1.72. The van der Waals surface area contributed by atoms with Crippen molar-refractivity contribution < 1.29 is 9.90 Å². The SMILES string of the molecule is Cc1cc(C)cc(N(C)C(=O)c2ccc(C)cc2O)c1. The second kappa shape index (κ2) is 5.37. The van der Waals surface area contributed by atoms with Gasteiger partial charge in [-0.3, -0.25) is 4.79 Å². The molecule has 2 rings (SSSR count). The minimum atomic E-state index is -0.215. The first-order chi connectivity index (χ1) is 9.38. The molecule has 0 aliphatic rings. The average Bonchev–Trinajstić information content (AvgIpc) is 2.36. The molecule has 3 nitrogen and oxygen atoms in total. The first-order valence-electron chi connectivity index (χ1n) is 6.54. The number of phenols is 1. The maximum absolute atomic E-state index is 12.5. The van der Waals surface area contributed by atoms with Crippen LogP contribution in [0.15, 0.2) is 36.4 Å². The van der Waals surface area contributed by atoms with Gasteiger partial charge in [0.1, 0.15) is 5.75 Å². The van der Waals surface area contributed by atoms with Gasteiger partial charge in [0.25, 0.3) is 5.91 Å². The Bertz CT molecular complexity index is 642. The van der Waals surface area contributed by atoms with Crippen molar-refractivity contribution in [1.29, 1.82) is 0 Å². The van der Waals surface area contributed by atoms with E-state index in [2.05, 4.69) is 6.07 Å². The summed E-state index contributed by atoms with van der Waals surface area (Å²) < 4.78 is 0. The number of phenolic OH excluding ortho intramolecular Hbond substituents is 1. The number of hydrogen-bond acceptors (Lipinski definition) is 2. The highest BCUT2D eigenvalue weighted by Gasteiger charge is 2.17. The molecule has 0 radical (unpaired) electrons. The number of rotatable bonds is 2. The number of hydrogen-bond donors (Lipinski definition) is 1. The van der Waals surface area contributed by atoms with Gasteiger partial charge in [-0.15, -0.1) is 0 Å². The second-order valence-corrected chi connectivity index (χ2v) is 5.23. The molecule has 0 spiro atoms. The predicted molar refractivity (Wildman–Crippen MR) is 81.5 cm³/mol. The van der Waals surface area contributed by atoms with E-state index in [9.17, 15) is 9.90 Å². The van der Waals surface area contributed by atoms with E-state index in [1.54, 1.807) is 24.1 Å². The van der Waals surface area contributed by atoms with Crippen molar-refractivity contribution in [2.24, 2.45) is 0 Å². The summed E-state index contributed by atoms with van der Waals surface area (Å²) in [4.78, 5) is 14.0. The summed E-state index contributed by atoms with van der Waals surface area (Å²) >= 11 is 0. The molecule has 0 aliphatic heterocycles. The molecule has 0 saturated heterocycles. The Kier molecular flexibility index (Phi) is 3.79. The molecule has 20 heavy (non-hydrogen) atoms. The van der Waals surface area contributed by atoms with Crippen LogP contribution >= 0.6 is 0 Å². The third kappa shape index (κ3) is 2.82. The smallest absolute Gasteiger partial charge is 0.261 e. The van der Waals surface area contributed by atoms with Crippen LogP contribution in [0.1, 0.15) is 27.0 Å². The summed E-state index contributed by atoms with van der Waals surface area (Å²) in [5, 5.41) is 9.92. The lowest BCUT2D eigenvalue weighted by atomic mass is 10.1. The third-order valence-corrected chi connectivity index (χ3v) is 3.28. The standard InChI is InChI=1S/C17H19NO2/c1-11-5-6-15(16(19)10-11)17(20)18(4)14-8-12(2)7-13(3)9-14/h5-10,19H,1-4H3. The first kappa shape index (κ1) is 14.1. The van der Waals surface area contributed by atoms with Crippen LogP contribution in [0.25, 0.3) is 0 Å². The molecule has 1 amide bonds. The molecule has 0 atom stereocenters. The van der Waals surface area contributed by atoms with Crippen LogP contribution in [0.2, 0.25) is 0 Å². The summed E-state index contributed by atoms with van der Waals surface area (Å²) in [6, 6.07) is 11.1. The van der Waals surface area contributed by atoms with E-state index in [-0.39, 0.29) is 11.7 Å². The van der Waals surface area contributed by atoms with Gasteiger partial charge in [0.2, 0.25) is 0 Å². The zero-order valence-corrected chi connectivity index (χ0v) is 12.3. The van der Waals surface area contributed by atoms with Crippen LogP contribution in [0.5, 0.6) is 5.75 Å². The molecule has 3 heteroatoms. The molecular formula is C17H19NO2. The molecule has 2 aromatic rings. The highest BCUT2D eigenvalue weighted by atomic mass is 16.3. The van der Waals surface area contributed by atoms with Crippen LogP contribution in [0, 0.1) is 20.8 Å². The van der Waals surface area contributed by atoms with Crippen LogP contribution in [-0.2, 0) is 0 Å². The Morgan fingerprint density at radius 2 is 1.55 bits per heavy atom. The second-order valence-electron chi connectivity index (χ2n) is 5.23. The van der Waals surface area contributed by atoms with Crippen LogP contribution < -0.4 is 4.90 Å². The van der Waals surface area contributed by atoms with E-state index in [0.29, 0.717) is 5.56 Å². The molecule has 0 aliphatic carbocycles. The van der Waals surface area contributed by atoms with Gasteiger partial charge in [0.15, 0.2) is 0 Å². The van der Waals surface area contributed by atoms with Gasteiger partial charge in [-0.1, -0.05) is 12.1 Å². The van der Waals surface area contributed by atoms with Gasteiger partial charge < -0.3 is 10.0 Å². The van der Waals surface area contributed by atoms with Crippen molar-refractivity contribution in [3.05, 3.63) is 58.7 Å². The maximum Gasteiger partial charge on any atom is 0.261 e. The summed E-state index contributed by atoms with van der Waals surface area (Å²) in [6.45, 7) is 5.87. The molecule has 0 heterocycles. The van der Waals surface area contributed by atoms with Gasteiger partial charge in [0.05, 0.1) is 5.56 Å². The number of benzene rings is 2. The number of anilines is 1. The van der Waals surface area contributed by atoms with Gasteiger partial charge in [-0.25, -0.2) is 0 Å². The van der Waals surface area contributed by atoms with Crippen molar-refractivity contribution in [2.75, 3.05) is 11.9 Å². The average molecular weight is 269 g/mol. The molecule has 0 bridgehead atoms. The van der Waals surface area contributed by atoms with E-state index in [4.69, 9.17) is 0 Å². The van der Waals surface area contributed by atoms with E-state index >= 15 is 0 Å². The third-order valence-electron chi connectivity index (χ3n) is 3.28. The van der Waals surface area contributed by atoms with E-state index < -0.39 is 0 Å². The normalized spacial score (nSPS) is 10.4. The van der Waals surface area contributed by atoms with Gasteiger partial charge >= 0.3 is 0 Å². The first-order valence-corrected chi connectivity index (χ1v) is 6.54. The van der Waals surface area contributed by atoms with Gasteiger partial charge in [-0.05, 0) is 61.7 Å². The largest absolute Gasteiger partial charge is 0.507 e. The number of amides is 1. The Hall–Kier alpha value is -2.29. The number of nitrogens with zero attached hydrogens (tertiary/aromatic N) is 1. The predicted octanol–water partition coefficient (Wildman–Crippen LogP) is 3.59. The number of aryl methyl sites for hydroxylation is 3. The number of carbonyl (C=O) groups excluding carboxylic acids is 1. The monoisotopic (exact) mass is 269 g/mol. The highest BCUT2D eigenvalue weighted by Crippen LogP contribution is 2.24. The maximum atomic E-state index is 12.5. The van der Waals surface area contributed by atoms with Gasteiger partial charge in [0, 0.05) is 12.7 Å². The Morgan fingerprint density at radius 3 is 2.10 bits per heavy atom. The summed E-state index contributed by atoms with van der Waals surface area (Å²) in [5.74, 6) is -0.196. The molecule has 0 saturated carbocycles. The molecule has 0 aromatic heterocycles. The lowest BCUT2D eigenvalue weighted by molar-refractivity contribution is 0.0990. The van der Waals surface area contributed by atoms with Crippen molar-refractivity contribution >= 4 is 11.6 Å². The quantitative estimate of drug-likeness (QED) is 0.905. The fourth-order valence-electron chi connectivity index (χ4n) is 2.26. The van der Waals surface area contributed by atoms with E-state index in [0.717, 1.165) is 22.4 Å². The fraction of sp³-hybridized carbons (Fsp3) is 0.235. The van der Waals surface area contributed by atoms with Crippen LogP contribution in [0.3, 0.4) is 0 Å². The number of aromatic hydroxyl groups is 1. The molecule has 0 fully saturated rings. The van der Waals surface area contributed by atoms with E-state index in [1.165, 1.54) is 0 Å². The topological polar surface area (TPSA) is 40.5 Å². The van der Waals surface area contributed by atoms with Crippen LogP contribution in [-0.4, -0.2) is 18.1 Å². The van der Waals surface area contributed by atoms with Crippen molar-refractivity contribution in [3.63, 3.8) is 0 Å². The minimum absolute atomic E-state index is 0.0197. The molecule has 1 N–H and O–H groups in total. The lowest BCUT2D eigenvalue weighted by Crippen LogP contribution is -2.26. The molecule has 2 aromatic carbocycles. The van der Waals surface area contributed by atoms with Gasteiger partial charge in [-0.2, -0.15) is 0 Å². The summed E-state index contributed by atoms with van der Waals surface area (Å²) in [5.41, 5.74) is 4.28. The Morgan fingerprint density at radius 1 is 0.950 bits per heavy atom. The Labute approximate surface area is 119 Å². The van der Waals surface area contributed by atoms with Crippen molar-refractivity contribution in [1.82, 2.24) is 0 Å². The van der Waals surface area contributed by atoms with Crippen molar-refractivity contribution in [3.8, 4) is 5.75 Å².